The van der Waals surface area contributed by atoms with Gasteiger partial charge in [-0.05, 0) is 17.7 Å². The van der Waals surface area contributed by atoms with E-state index in [0.717, 1.165) is 6.07 Å². The summed E-state index contributed by atoms with van der Waals surface area (Å²) < 4.78 is 42.7. The molecule has 0 aromatic heterocycles. The first-order valence-corrected chi connectivity index (χ1v) is 5.12. The third kappa shape index (κ3) is 2.10. The third-order valence-electron chi connectivity index (χ3n) is 2.96. The van der Waals surface area contributed by atoms with Crippen LogP contribution >= 0.6 is 0 Å². The van der Waals surface area contributed by atoms with Crippen LogP contribution in [-0.4, -0.2) is 20.2 Å². The highest BCUT2D eigenvalue weighted by Crippen LogP contribution is 2.38. The van der Waals surface area contributed by atoms with E-state index in [1.807, 2.05) is 0 Å². The molecule has 94 valence electrons. The van der Waals surface area contributed by atoms with Gasteiger partial charge in [-0.15, -0.1) is 0 Å². The molecular weight excluding hydrogens is 233 g/mol. The number of hydrogen-bond acceptors (Lipinski definition) is 3. The summed E-state index contributed by atoms with van der Waals surface area (Å²) in [6.45, 7) is 1.11. The van der Waals surface area contributed by atoms with E-state index in [4.69, 9.17) is 10.5 Å². The zero-order chi connectivity index (χ0) is 12.7. The standard InChI is InChI=1S/C11H13F3N2O/c1-17-9-4-7(10(15)5-16-6-10)2-3-8(9)11(12,13)14/h2-4,16H,5-6,15H2,1H3. The number of benzene rings is 1. The largest absolute Gasteiger partial charge is 0.496 e. The lowest BCUT2D eigenvalue weighted by Crippen LogP contribution is -2.62. The molecule has 1 fully saturated rings. The van der Waals surface area contributed by atoms with E-state index in [1.54, 1.807) is 0 Å². The Morgan fingerprint density at radius 2 is 2.00 bits per heavy atom. The lowest BCUT2D eigenvalue weighted by atomic mass is 9.85. The minimum Gasteiger partial charge on any atom is -0.496 e. The topological polar surface area (TPSA) is 47.3 Å². The van der Waals surface area contributed by atoms with Crippen LogP contribution in [0.4, 0.5) is 13.2 Å². The number of alkyl halides is 3. The Hall–Kier alpha value is -1.27. The fraction of sp³-hybridized carbons (Fsp3) is 0.455. The molecule has 2 rings (SSSR count). The lowest BCUT2D eigenvalue weighted by molar-refractivity contribution is -0.138. The van der Waals surface area contributed by atoms with Crippen molar-refractivity contribution in [1.82, 2.24) is 5.32 Å². The van der Waals surface area contributed by atoms with Crippen LogP contribution in [0.5, 0.6) is 5.75 Å². The minimum absolute atomic E-state index is 0.188. The van der Waals surface area contributed by atoms with Crippen molar-refractivity contribution in [2.75, 3.05) is 20.2 Å². The normalized spacial score (nSPS) is 18.6. The van der Waals surface area contributed by atoms with Crippen molar-refractivity contribution < 1.29 is 17.9 Å². The van der Waals surface area contributed by atoms with E-state index >= 15 is 0 Å². The number of hydrogen-bond donors (Lipinski definition) is 2. The summed E-state index contributed by atoms with van der Waals surface area (Å²) >= 11 is 0. The highest BCUT2D eigenvalue weighted by atomic mass is 19.4. The maximum atomic E-state index is 12.6. The Morgan fingerprint density at radius 3 is 2.41 bits per heavy atom. The van der Waals surface area contributed by atoms with Crippen LogP contribution < -0.4 is 15.8 Å². The molecule has 3 N–H and O–H groups in total. The molecule has 0 radical (unpaired) electrons. The van der Waals surface area contributed by atoms with Gasteiger partial charge in [0.25, 0.3) is 0 Å². The van der Waals surface area contributed by atoms with E-state index in [1.165, 1.54) is 19.2 Å². The molecule has 1 aliphatic heterocycles. The number of nitrogens with one attached hydrogen (secondary N) is 1. The second kappa shape index (κ2) is 3.89. The summed E-state index contributed by atoms with van der Waals surface area (Å²) in [5, 5.41) is 2.99. The average Bonchev–Trinajstić information content (AvgIpc) is 2.23. The fourth-order valence-corrected chi connectivity index (χ4v) is 1.83. The van der Waals surface area contributed by atoms with Crippen LogP contribution in [0.1, 0.15) is 11.1 Å². The summed E-state index contributed by atoms with van der Waals surface area (Å²) in [5.41, 5.74) is 5.30. The van der Waals surface area contributed by atoms with Gasteiger partial charge < -0.3 is 15.8 Å². The van der Waals surface area contributed by atoms with Crippen molar-refractivity contribution in [3.05, 3.63) is 29.3 Å². The Labute approximate surface area is 96.8 Å². The van der Waals surface area contributed by atoms with Crippen molar-refractivity contribution in [2.45, 2.75) is 11.7 Å². The van der Waals surface area contributed by atoms with Gasteiger partial charge in [-0.25, -0.2) is 0 Å². The first-order chi connectivity index (χ1) is 7.87. The fourth-order valence-electron chi connectivity index (χ4n) is 1.83. The SMILES string of the molecule is COc1cc(C2(N)CNC2)ccc1C(F)(F)F. The molecule has 1 aliphatic rings. The summed E-state index contributed by atoms with van der Waals surface area (Å²) in [6, 6.07) is 3.79. The predicted molar refractivity (Wildman–Crippen MR) is 56.7 cm³/mol. The molecular formula is C11H13F3N2O. The van der Waals surface area contributed by atoms with Crippen molar-refractivity contribution in [3.8, 4) is 5.75 Å². The van der Waals surface area contributed by atoms with Gasteiger partial charge in [-0.2, -0.15) is 13.2 Å². The summed E-state index contributed by atoms with van der Waals surface area (Å²) in [7, 11) is 1.22. The lowest BCUT2D eigenvalue weighted by Gasteiger charge is -2.39. The maximum absolute atomic E-state index is 12.6. The van der Waals surface area contributed by atoms with Crippen LogP contribution in [-0.2, 0) is 11.7 Å². The van der Waals surface area contributed by atoms with Gasteiger partial charge in [-0.3, -0.25) is 0 Å². The molecule has 6 heteroatoms. The van der Waals surface area contributed by atoms with Crippen LogP contribution in [0, 0.1) is 0 Å². The molecule has 0 bridgehead atoms. The number of halogens is 3. The molecule has 1 aromatic carbocycles. The maximum Gasteiger partial charge on any atom is 0.419 e. The van der Waals surface area contributed by atoms with Crippen molar-refractivity contribution >= 4 is 0 Å². The zero-order valence-electron chi connectivity index (χ0n) is 9.27. The molecule has 0 atom stereocenters. The Balaban J connectivity index is 2.41. The van der Waals surface area contributed by atoms with Crippen LogP contribution in [0.2, 0.25) is 0 Å². The van der Waals surface area contributed by atoms with Crippen LogP contribution in [0.25, 0.3) is 0 Å². The number of rotatable bonds is 2. The number of ether oxygens (including phenoxy) is 1. The smallest absolute Gasteiger partial charge is 0.419 e. The van der Waals surface area contributed by atoms with E-state index < -0.39 is 17.3 Å². The summed E-state index contributed by atoms with van der Waals surface area (Å²) in [5.74, 6) is -0.188. The van der Waals surface area contributed by atoms with Crippen LogP contribution in [0.15, 0.2) is 18.2 Å². The van der Waals surface area contributed by atoms with Crippen molar-refractivity contribution in [2.24, 2.45) is 5.73 Å². The van der Waals surface area contributed by atoms with Gasteiger partial charge in [-0.1, -0.05) is 6.07 Å². The minimum atomic E-state index is -4.41. The second-order valence-corrected chi connectivity index (χ2v) is 4.17. The van der Waals surface area contributed by atoms with E-state index in [2.05, 4.69) is 5.32 Å². The second-order valence-electron chi connectivity index (χ2n) is 4.17. The molecule has 0 saturated carbocycles. The highest BCUT2D eigenvalue weighted by Gasteiger charge is 2.38. The van der Waals surface area contributed by atoms with Gasteiger partial charge in [0.1, 0.15) is 5.75 Å². The molecule has 1 heterocycles. The average molecular weight is 246 g/mol. The monoisotopic (exact) mass is 246 g/mol. The first kappa shape index (κ1) is 12.2. The van der Waals surface area contributed by atoms with Gasteiger partial charge in [0, 0.05) is 13.1 Å². The Kier molecular flexibility index (Phi) is 2.79. The van der Waals surface area contributed by atoms with Gasteiger partial charge >= 0.3 is 6.18 Å². The molecule has 0 aliphatic carbocycles. The highest BCUT2D eigenvalue weighted by molar-refractivity contribution is 5.43. The predicted octanol–water partition coefficient (Wildman–Crippen LogP) is 1.47. The molecule has 0 unspecified atom stereocenters. The summed E-state index contributed by atoms with van der Waals surface area (Å²) in [6.07, 6.45) is -4.41. The molecule has 3 nitrogen and oxygen atoms in total. The quantitative estimate of drug-likeness (QED) is 0.830. The van der Waals surface area contributed by atoms with E-state index in [-0.39, 0.29) is 5.75 Å². The van der Waals surface area contributed by atoms with Crippen molar-refractivity contribution in [3.63, 3.8) is 0 Å². The number of methoxy groups -OCH3 is 1. The Morgan fingerprint density at radius 1 is 1.35 bits per heavy atom. The molecule has 0 spiro atoms. The Bertz CT molecular complexity index is 427. The molecule has 0 amide bonds. The van der Waals surface area contributed by atoms with E-state index in [9.17, 15) is 13.2 Å². The van der Waals surface area contributed by atoms with Crippen LogP contribution in [0.3, 0.4) is 0 Å². The molecule has 1 aromatic rings. The summed E-state index contributed by atoms with van der Waals surface area (Å²) in [4.78, 5) is 0. The van der Waals surface area contributed by atoms with Gasteiger partial charge in [0.05, 0.1) is 18.2 Å². The molecule has 1 saturated heterocycles. The van der Waals surface area contributed by atoms with Crippen molar-refractivity contribution in [1.29, 1.82) is 0 Å². The third-order valence-corrected chi connectivity index (χ3v) is 2.96. The molecule has 17 heavy (non-hydrogen) atoms. The van der Waals surface area contributed by atoms with E-state index in [0.29, 0.717) is 18.7 Å². The number of nitrogens with two attached hydrogens (primary N) is 1. The van der Waals surface area contributed by atoms with Gasteiger partial charge in [0.15, 0.2) is 0 Å². The zero-order valence-corrected chi connectivity index (χ0v) is 9.27. The van der Waals surface area contributed by atoms with Gasteiger partial charge in [0.2, 0.25) is 0 Å². The first-order valence-electron chi connectivity index (χ1n) is 5.12.